The standard InChI is InChI=1S/C17H24N4O2/c1-3-5-15-14(8-11-23-15)17(22)19-13-6-4-10-21(12-13)16-7-9-18-20(16)2/h7-9,11,13H,3-6,10,12H2,1-2H3,(H,19,22)/t13-/m1/s1. The molecule has 1 aliphatic heterocycles. The molecule has 1 fully saturated rings. The SMILES string of the molecule is CCCc1occc1C(=O)N[C@@H]1CCCN(c2ccnn2C)C1. The van der Waals surface area contributed by atoms with Gasteiger partial charge in [0.2, 0.25) is 0 Å². The van der Waals surface area contributed by atoms with Gasteiger partial charge in [-0.25, -0.2) is 0 Å². The predicted molar refractivity (Wildman–Crippen MR) is 88.6 cm³/mol. The highest BCUT2D eigenvalue weighted by Gasteiger charge is 2.24. The molecule has 1 aliphatic rings. The zero-order chi connectivity index (χ0) is 16.2. The van der Waals surface area contributed by atoms with Gasteiger partial charge in [-0.05, 0) is 25.3 Å². The van der Waals surface area contributed by atoms with Crippen molar-refractivity contribution in [3.8, 4) is 0 Å². The first-order chi connectivity index (χ1) is 11.2. The summed E-state index contributed by atoms with van der Waals surface area (Å²) >= 11 is 0. The van der Waals surface area contributed by atoms with Crippen LogP contribution in [0.25, 0.3) is 0 Å². The maximum Gasteiger partial charge on any atom is 0.255 e. The van der Waals surface area contributed by atoms with Gasteiger partial charge in [-0.3, -0.25) is 9.48 Å². The fourth-order valence-corrected chi connectivity index (χ4v) is 3.21. The van der Waals surface area contributed by atoms with Gasteiger partial charge in [0.25, 0.3) is 5.91 Å². The van der Waals surface area contributed by atoms with Crippen molar-refractivity contribution in [1.29, 1.82) is 0 Å². The number of hydrogen-bond donors (Lipinski definition) is 1. The molecule has 0 spiro atoms. The molecule has 1 amide bonds. The Morgan fingerprint density at radius 1 is 1.48 bits per heavy atom. The monoisotopic (exact) mass is 316 g/mol. The molecule has 2 aromatic heterocycles. The van der Waals surface area contributed by atoms with Gasteiger partial charge < -0.3 is 14.6 Å². The predicted octanol–water partition coefficient (Wildman–Crippen LogP) is 2.36. The summed E-state index contributed by atoms with van der Waals surface area (Å²) in [5.41, 5.74) is 0.671. The van der Waals surface area contributed by atoms with Crippen LogP contribution < -0.4 is 10.2 Å². The summed E-state index contributed by atoms with van der Waals surface area (Å²) < 4.78 is 7.30. The molecule has 23 heavy (non-hydrogen) atoms. The summed E-state index contributed by atoms with van der Waals surface area (Å²) in [6.07, 6.45) is 7.22. The summed E-state index contributed by atoms with van der Waals surface area (Å²) in [6.45, 7) is 3.89. The minimum absolute atomic E-state index is 0.0287. The average molecular weight is 316 g/mol. The lowest BCUT2D eigenvalue weighted by atomic mass is 10.0. The van der Waals surface area contributed by atoms with Gasteiger partial charge >= 0.3 is 0 Å². The van der Waals surface area contributed by atoms with Crippen LogP contribution in [-0.4, -0.2) is 34.8 Å². The van der Waals surface area contributed by atoms with Crippen LogP contribution >= 0.6 is 0 Å². The van der Waals surface area contributed by atoms with Crippen LogP contribution in [0, 0.1) is 0 Å². The van der Waals surface area contributed by atoms with Crippen molar-refractivity contribution >= 4 is 11.7 Å². The van der Waals surface area contributed by atoms with E-state index in [0.29, 0.717) is 5.56 Å². The fourth-order valence-electron chi connectivity index (χ4n) is 3.21. The second-order valence-corrected chi connectivity index (χ2v) is 6.08. The van der Waals surface area contributed by atoms with Gasteiger partial charge in [0.1, 0.15) is 11.6 Å². The van der Waals surface area contributed by atoms with Crippen molar-refractivity contribution in [2.45, 2.75) is 38.6 Å². The summed E-state index contributed by atoms with van der Waals surface area (Å²) in [4.78, 5) is 14.8. The van der Waals surface area contributed by atoms with Crippen LogP contribution in [0.1, 0.15) is 42.3 Å². The first-order valence-electron chi connectivity index (χ1n) is 8.29. The molecule has 0 saturated carbocycles. The number of amides is 1. The molecule has 3 rings (SSSR count). The number of nitrogens with one attached hydrogen (secondary N) is 1. The normalized spacial score (nSPS) is 18.2. The van der Waals surface area contributed by atoms with Crippen LogP contribution in [0.5, 0.6) is 0 Å². The Morgan fingerprint density at radius 3 is 3.09 bits per heavy atom. The fraction of sp³-hybridized carbons (Fsp3) is 0.529. The summed E-state index contributed by atoms with van der Waals surface area (Å²) in [5, 5.41) is 7.39. The topological polar surface area (TPSA) is 63.3 Å². The number of furan rings is 1. The van der Waals surface area contributed by atoms with E-state index < -0.39 is 0 Å². The van der Waals surface area contributed by atoms with Gasteiger partial charge in [0, 0.05) is 38.7 Å². The molecule has 124 valence electrons. The van der Waals surface area contributed by atoms with Crippen molar-refractivity contribution in [3.05, 3.63) is 35.9 Å². The third kappa shape index (κ3) is 3.41. The summed E-state index contributed by atoms with van der Waals surface area (Å²) in [6, 6.07) is 3.93. The van der Waals surface area contributed by atoms with Crippen molar-refractivity contribution in [3.63, 3.8) is 0 Å². The van der Waals surface area contributed by atoms with Gasteiger partial charge in [-0.2, -0.15) is 5.10 Å². The van der Waals surface area contributed by atoms with E-state index in [0.717, 1.165) is 50.4 Å². The Balaban J connectivity index is 1.64. The highest BCUT2D eigenvalue weighted by atomic mass is 16.3. The van der Waals surface area contributed by atoms with Gasteiger partial charge in [0.05, 0.1) is 18.0 Å². The Bertz CT molecular complexity index is 661. The Labute approximate surface area is 136 Å². The minimum Gasteiger partial charge on any atom is -0.469 e. The van der Waals surface area contributed by atoms with E-state index >= 15 is 0 Å². The third-order valence-corrected chi connectivity index (χ3v) is 4.34. The van der Waals surface area contributed by atoms with E-state index in [1.54, 1.807) is 18.5 Å². The average Bonchev–Trinajstić information content (AvgIpc) is 3.17. The zero-order valence-electron chi connectivity index (χ0n) is 13.8. The molecule has 6 nitrogen and oxygen atoms in total. The maximum atomic E-state index is 12.5. The number of carbonyl (C=O) groups is 1. The molecule has 0 bridgehead atoms. The second-order valence-electron chi connectivity index (χ2n) is 6.08. The highest BCUT2D eigenvalue weighted by molar-refractivity contribution is 5.95. The number of aromatic nitrogens is 2. The van der Waals surface area contributed by atoms with Crippen LogP contribution in [0.3, 0.4) is 0 Å². The van der Waals surface area contributed by atoms with Crippen molar-refractivity contribution < 1.29 is 9.21 Å². The molecule has 1 N–H and O–H groups in total. The van der Waals surface area contributed by atoms with Crippen LogP contribution in [0.4, 0.5) is 5.82 Å². The smallest absolute Gasteiger partial charge is 0.255 e. The Morgan fingerprint density at radius 2 is 2.35 bits per heavy atom. The van der Waals surface area contributed by atoms with Gasteiger partial charge in [-0.1, -0.05) is 6.92 Å². The lowest BCUT2D eigenvalue weighted by Gasteiger charge is -2.34. The van der Waals surface area contributed by atoms with E-state index in [-0.39, 0.29) is 11.9 Å². The molecule has 0 unspecified atom stereocenters. The van der Waals surface area contributed by atoms with E-state index in [9.17, 15) is 4.79 Å². The zero-order valence-corrected chi connectivity index (χ0v) is 13.8. The molecular weight excluding hydrogens is 292 g/mol. The minimum atomic E-state index is -0.0287. The summed E-state index contributed by atoms with van der Waals surface area (Å²) in [5.74, 6) is 1.85. The number of aryl methyl sites for hydroxylation is 2. The third-order valence-electron chi connectivity index (χ3n) is 4.34. The lowest BCUT2D eigenvalue weighted by Crippen LogP contribution is -2.48. The molecule has 6 heteroatoms. The number of anilines is 1. The van der Waals surface area contributed by atoms with E-state index in [2.05, 4.69) is 22.2 Å². The number of rotatable bonds is 5. The molecular formula is C17H24N4O2. The van der Waals surface area contributed by atoms with Crippen molar-refractivity contribution in [2.24, 2.45) is 7.05 Å². The largest absolute Gasteiger partial charge is 0.469 e. The highest BCUT2D eigenvalue weighted by Crippen LogP contribution is 2.20. The molecule has 2 aromatic rings. The molecule has 0 aliphatic carbocycles. The number of piperidine rings is 1. The van der Waals surface area contributed by atoms with Crippen LogP contribution in [0.2, 0.25) is 0 Å². The first kappa shape index (κ1) is 15.6. The number of carbonyl (C=O) groups excluding carboxylic acids is 1. The van der Waals surface area contributed by atoms with Crippen LogP contribution in [-0.2, 0) is 13.5 Å². The van der Waals surface area contributed by atoms with E-state index in [4.69, 9.17) is 4.42 Å². The van der Waals surface area contributed by atoms with E-state index in [1.165, 1.54) is 0 Å². The molecule has 3 heterocycles. The van der Waals surface area contributed by atoms with Crippen molar-refractivity contribution in [2.75, 3.05) is 18.0 Å². The number of nitrogens with zero attached hydrogens (tertiary/aromatic N) is 3. The van der Waals surface area contributed by atoms with Gasteiger partial charge in [-0.15, -0.1) is 0 Å². The molecule has 0 radical (unpaired) electrons. The van der Waals surface area contributed by atoms with E-state index in [1.807, 2.05) is 17.8 Å². The molecule has 0 aromatic carbocycles. The lowest BCUT2D eigenvalue weighted by molar-refractivity contribution is 0.0931. The summed E-state index contributed by atoms with van der Waals surface area (Å²) in [7, 11) is 1.94. The maximum absolute atomic E-state index is 12.5. The quantitative estimate of drug-likeness (QED) is 0.920. The first-order valence-corrected chi connectivity index (χ1v) is 8.29. The molecule has 1 saturated heterocycles. The molecule has 1 atom stereocenters. The van der Waals surface area contributed by atoms with Crippen molar-refractivity contribution in [1.82, 2.24) is 15.1 Å². The Hall–Kier alpha value is -2.24. The number of hydrogen-bond acceptors (Lipinski definition) is 4. The Kier molecular flexibility index (Phi) is 4.69. The van der Waals surface area contributed by atoms with Gasteiger partial charge in [0.15, 0.2) is 0 Å². The van der Waals surface area contributed by atoms with Crippen LogP contribution in [0.15, 0.2) is 29.0 Å². The second kappa shape index (κ2) is 6.89.